The molecule has 0 bridgehead atoms. The van der Waals surface area contributed by atoms with Crippen molar-refractivity contribution in [1.29, 1.82) is 5.41 Å². The Morgan fingerprint density at radius 1 is 1.38 bits per heavy atom. The molecule has 1 unspecified atom stereocenters. The van der Waals surface area contributed by atoms with Gasteiger partial charge in [0.1, 0.15) is 23.5 Å². The van der Waals surface area contributed by atoms with Gasteiger partial charge in [0.15, 0.2) is 6.54 Å². The zero-order valence-corrected chi connectivity index (χ0v) is 18.2. The molecule has 168 valence electrons. The molecule has 0 spiro atoms. The molecule has 0 saturated heterocycles. The first-order valence-electron chi connectivity index (χ1n) is 9.72. The number of quaternary nitrogens is 1. The Morgan fingerprint density at radius 2 is 2.19 bits per heavy atom. The van der Waals surface area contributed by atoms with Crippen LogP contribution in [0.3, 0.4) is 0 Å². The maximum atomic E-state index is 14.1. The van der Waals surface area contributed by atoms with Gasteiger partial charge in [-0.1, -0.05) is 11.6 Å². The minimum absolute atomic E-state index is 0.0519. The number of nitrogens with two attached hydrogens (primary N) is 1. The molecule has 0 fully saturated rings. The Morgan fingerprint density at radius 3 is 2.91 bits per heavy atom. The molecule has 32 heavy (non-hydrogen) atoms. The highest BCUT2D eigenvalue weighted by Gasteiger charge is 2.19. The second kappa shape index (κ2) is 10.7. The number of pyridine rings is 1. The zero-order valence-electron chi connectivity index (χ0n) is 17.5. The van der Waals surface area contributed by atoms with Crippen LogP contribution in [0.4, 0.5) is 15.9 Å². The molecule has 2 heterocycles. The van der Waals surface area contributed by atoms with Gasteiger partial charge in [-0.3, -0.25) is 15.5 Å². The Labute approximate surface area is 188 Å². The number of amides is 1. The number of benzene rings is 1. The summed E-state index contributed by atoms with van der Waals surface area (Å²) in [6, 6.07) is 5.76. The van der Waals surface area contributed by atoms with E-state index in [1.165, 1.54) is 31.7 Å². The van der Waals surface area contributed by atoms with Crippen molar-refractivity contribution in [3.05, 3.63) is 65.2 Å². The Hall–Kier alpha value is -3.50. The SMILES string of the molecule is COc1cc(NCC(C)NC(=O)C[NH2+]c2ncccc2C(=N)c2ncco2)c(F)cc1Cl. The topological polar surface area (TPSA) is 130 Å². The van der Waals surface area contributed by atoms with Crippen molar-refractivity contribution in [2.75, 3.05) is 25.5 Å². The fraction of sp³-hybridized carbons (Fsp3) is 0.238. The maximum Gasteiger partial charge on any atom is 0.275 e. The molecule has 2 aromatic heterocycles. The summed E-state index contributed by atoms with van der Waals surface area (Å²) in [4.78, 5) is 20.6. The normalized spacial score (nSPS) is 11.6. The van der Waals surface area contributed by atoms with Crippen LogP contribution in [0.5, 0.6) is 5.75 Å². The van der Waals surface area contributed by atoms with Crippen LogP contribution in [-0.4, -0.2) is 47.8 Å². The van der Waals surface area contributed by atoms with Crippen LogP contribution in [-0.2, 0) is 4.79 Å². The van der Waals surface area contributed by atoms with E-state index in [0.29, 0.717) is 17.1 Å². The zero-order chi connectivity index (χ0) is 23.1. The first kappa shape index (κ1) is 23.2. The standard InChI is InChI=1S/C21H22ClFN6O3/c1-12(10-27-16-9-17(31-2)14(22)8-15(16)23)29-18(30)11-28-20-13(4-3-5-25-20)19(24)21-26-6-7-32-21/h3-9,12,24,27H,10-11H2,1-2H3,(H,25,28)(H,29,30)/p+1. The van der Waals surface area contributed by atoms with Crippen LogP contribution in [0.25, 0.3) is 0 Å². The molecule has 1 aromatic carbocycles. The van der Waals surface area contributed by atoms with Gasteiger partial charge in [0.05, 0.1) is 29.6 Å². The number of ether oxygens (including phenoxy) is 1. The van der Waals surface area contributed by atoms with Crippen LogP contribution in [0.1, 0.15) is 18.4 Å². The molecule has 0 aliphatic rings. The molecule has 0 aliphatic heterocycles. The van der Waals surface area contributed by atoms with Crippen molar-refractivity contribution in [2.45, 2.75) is 13.0 Å². The summed E-state index contributed by atoms with van der Waals surface area (Å²) < 4.78 is 24.3. The van der Waals surface area contributed by atoms with E-state index in [1.807, 2.05) is 0 Å². The first-order valence-corrected chi connectivity index (χ1v) is 10.1. The van der Waals surface area contributed by atoms with Gasteiger partial charge in [0.2, 0.25) is 11.7 Å². The van der Waals surface area contributed by atoms with Gasteiger partial charge in [0.25, 0.3) is 5.91 Å². The van der Waals surface area contributed by atoms with Crippen LogP contribution in [0, 0.1) is 11.2 Å². The van der Waals surface area contributed by atoms with E-state index in [2.05, 4.69) is 20.6 Å². The number of hydrogen-bond donors (Lipinski definition) is 4. The van der Waals surface area contributed by atoms with Crippen molar-refractivity contribution in [1.82, 2.24) is 15.3 Å². The highest BCUT2D eigenvalue weighted by molar-refractivity contribution is 6.32. The molecular formula is C21H23ClFN6O3+. The number of rotatable bonds is 10. The summed E-state index contributed by atoms with van der Waals surface area (Å²) >= 11 is 5.90. The minimum atomic E-state index is -0.515. The minimum Gasteiger partial charge on any atom is -0.495 e. The molecule has 0 aliphatic carbocycles. The number of nitrogens with zero attached hydrogens (tertiary/aromatic N) is 2. The molecule has 9 nitrogen and oxygen atoms in total. The second-order valence-corrected chi connectivity index (χ2v) is 7.28. The highest BCUT2D eigenvalue weighted by Crippen LogP contribution is 2.30. The smallest absolute Gasteiger partial charge is 0.275 e. The van der Waals surface area contributed by atoms with Crippen LogP contribution >= 0.6 is 11.6 Å². The third-order valence-electron chi connectivity index (χ3n) is 4.48. The molecule has 1 amide bonds. The van der Waals surface area contributed by atoms with E-state index in [9.17, 15) is 9.18 Å². The third-order valence-corrected chi connectivity index (χ3v) is 4.78. The number of methoxy groups -OCH3 is 1. The number of oxazole rings is 1. The molecular weight excluding hydrogens is 439 g/mol. The fourth-order valence-electron chi connectivity index (χ4n) is 2.91. The second-order valence-electron chi connectivity index (χ2n) is 6.87. The van der Waals surface area contributed by atoms with Crippen molar-refractivity contribution >= 4 is 34.7 Å². The third kappa shape index (κ3) is 5.80. The quantitative estimate of drug-likeness (QED) is 0.342. The van der Waals surface area contributed by atoms with Crippen LogP contribution < -0.4 is 20.7 Å². The van der Waals surface area contributed by atoms with E-state index in [4.69, 9.17) is 26.2 Å². The van der Waals surface area contributed by atoms with Crippen molar-refractivity contribution in [2.24, 2.45) is 0 Å². The summed E-state index contributed by atoms with van der Waals surface area (Å²) in [6.45, 7) is 2.13. The van der Waals surface area contributed by atoms with Gasteiger partial charge in [0, 0.05) is 24.8 Å². The van der Waals surface area contributed by atoms with Gasteiger partial charge in [-0.25, -0.2) is 14.4 Å². The molecule has 5 N–H and O–H groups in total. The van der Waals surface area contributed by atoms with Gasteiger partial charge in [-0.15, -0.1) is 0 Å². The summed E-state index contributed by atoms with van der Waals surface area (Å²) in [5, 5.41) is 15.8. The lowest BCUT2D eigenvalue weighted by Crippen LogP contribution is -2.82. The summed E-state index contributed by atoms with van der Waals surface area (Å²) in [6.07, 6.45) is 4.43. The van der Waals surface area contributed by atoms with E-state index in [0.717, 1.165) is 0 Å². The lowest BCUT2D eigenvalue weighted by molar-refractivity contribution is -0.563. The monoisotopic (exact) mass is 461 g/mol. The number of anilines is 1. The van der Waals surface area contributed by atoms with E-state index in [-0.39, 0.29) is 47.4 Å². The van der Waals surface area contributed by atoms with E-state index in [1.54, 1.807) is 30.6 Å². The lowest BCUT2D eigenvalue weighted by atomic mass is 10.1. The maximum absolute atomic E-state index is 14.1. The van der Waals surface area contributed by atoms with Gasteiger partial charge in [-0.05, 0) is 25.1 Å². The number of aromatic nitrogens is 2. The predicted molar refractivity (Wildman–Crippen MR) is 117 cm³/mol. The van der Waals surface area contributed by atoms with Gasteiger partial charge < -0.3 is 19.8 Å². The first-order chi connectivity index (χ1) is 15.4. The predicted octanol–water partition coefficient (Wildman–Crippen LogP) is 2.10. The summed E-state index contributed by atoms with van der Waals surface area (Å²) in [7, 11) is 1.45. The number of nitrogens with one attached hydrogen (secondary N) is 3. The molecule has 0 saturated carbocycles. The van der Waals surface area contributed by atoms with Crippen molar-refractivity contribution < 1.29 is 23.7 Å². The highest BCUT2D eigenvalue weighted by atomic mass is 35.5. The molecule has 1 atom stereocenters. The van der Waals surface area contributed by atoms with E-state index >= 15 is 0 Å². The number of carbonyl (C=O) groups excluding carboxylic acids is 1. The van der Waals surface area contributed by atoms with Crippen molar-refractivity contribution in [3.63, 3.8) is 0 Å². The fourth-order valence-corrected chi connectivity index (χ4v) is 3.14. The largest absolute Gasteiger partial charge is 0.495 e. The van der Waals surface area contributed by atoms with Crippen LogP contribution in [0.15, 0.2) is 47.3 Å². The molecule has 11 heteroatoms. The lowest BCUT2D eigenvalue weighted by Gasteiger charge is -2.16. The molecule has 3 aromatic rings. The molecule has 0 radical (unpaired) electrons. The Kier molecular flexibility index (Phi) is 7.74. The van der Waals surface area contributed by atoms with Crippen LogP contribution in [0.2, 0.25) is 5.02 Å². The summed E-state index contributed by atoms with van der Waals surface area (Å²) in [5.41, 5.74) is 0.805. The van der Waals surface area contributed by atoms with Crippen molar-refractivity contribution in [3.8, 4) is 5.75 Å². The number of carbonyl (C=O) groups is 1. The average molecular weight is 462 g/mol. The summed E-state index contributed by atoms with van der Waals surface area (Å²) in [5.74, 6) is 0.240. The number of hydrogen-bond acceptors (Lipinski definition) is 7. The average Bonchev–Trinajstić information content (AvgIpc) is 3.32. The van der Waals surface area contributed by atoms with E-state index < -0.39 is 5.82 Å². The number of halogens is 2. The van der Waals surface area contributed by atoms with Gasteiger partial charge >= 0.3 is 0 Å². The Bertz CT molecular complexity index is 1090. The van der Waals surface area contributed by atoms with Gasteiger partial charge in [-0.2, -0.15) is 0 Å². The molecule has 3 rings (SSSR count). The Balaban J connectivity index is 1.53.